The molecule has 1 aromatic carbocycles. The molecule has 4 atom stereocenters. The van der Waals surface area contributed by atoms with Crippen LogP contribution in [-0.4, -0.2) is 46.3 Å². The van der Waals surface area contributed by atoms with Gasteiger partial charge in [-0.05, 0) is 38.3 Å². The Morgan fingerprint density at radius 2 is 1.74 bits per heavy atom. The number of rotatable bonds is 2. The lowest BCUT2D eigenvalue weighted by Crippen LogP contribution is -2.61. The first-order valence-electron chi connectivity index (χ1n) is 9.41. The highest BCUT2D eigenvalue weighted by Crippen LogP contribution is 2.62. The number of benzene rings is 1. The predicted octanol–water partition coefficient (Wildman–Crippen LogP) is 1.26. The van der Waals surface area contributed by atoms with E-state index >= 15 is 0 Å². The van der Waals surface area contributed by atoms with Crippen molar-refractivity contribution in [3.05, 3.63) is 30.3 Å². The molecule has 4 unspecified atom stereocenters. The van der Waals surface area contributed by atoms with Gasteiger partial charge in [-0.15, -0.1) is 0 Å². The third kappa shape index (κ3) is 1.76. The Bertz CT molecular complexity index is 884. The molecule has 7 nitrogen and oxygen atoms in total. The van der Waals surface area contributed by atoms with Crippen LogP contribution in [0.3, 0.4) is 0 Å². The lowest BCUT2D eigenvalue weighted by molar-refractivity contribution is -0.155. The molecular weight excluding hydrogens is 348 g/mol. The van der Waals surface area contributed by atoms with Crippen molar-refractivity contribution in [2.75, 3.05) is 11.4 Å². The molecule has 4 fully saturated rings. The number of ketones is 1. The Hall–Kier alpha value is -2.54. The van der Waals surface area contributed by atoms with Gasteiger partial charge in [0.25, 0.3) is 5.91 Å². The molecule has 4 aliphatic rings. The molecule has 0 aliphatic carbocycles. The van der Waals surface area contributed by atoms with Crippen molar-refractivity contribution in [1.29, 1.82) is 0 Å². The van der Waals surface area contributed by atoms with Crippen LogP contribution >= 0.6 is 0 Å². The van der Waals surface area contributed by atoms with Crippen molar-refractivity contribution >= 4 is 29.2 Å². The number of Topliss-reactive ketones (excluding diaryl/α,β-unsaturated/α-hetero) is 1. The Morgan fingerprint density at radius 3 is 2.44 bits per heavy atom. The van der Waals surface area contributed by atoms with Gasteiger partial charge in [-0.3, -0.25) is 19.2 Å². The van der Waals surface area contributed by atoms with Gasteiger partial charge in [-0.2, -0.15) is 0 Å². The summed E-state index contributed by atoms with van der Waals surface area (Å²) in [4.78, 5) is 55.3. The van der Waals surface area contributed by atoms with Crippen LogP contribution in [-0.2, 0) is 23.9 Å². The van der Waals surface area contributed by atoms with Crippen molar-refractivity contribution in [2.24, 2.45) is 11.8 Å². The van der Waals surface area contributed by atoms with Crippen molar-refractivity contribution in [1.82, 2.24) is 4.90 Å². The summed E-state index contributed by atoms with van der Waals surface area (Å²) in [5.74, 6) is -3.74. The summed E-state index contributed by atoms with van der Waals surface area (Å²) in [6.07, 6.45) is 2.97. The molecule has 1 aromatic rings. The molecule has 4 saturated heterocycles. The van der Waals surface area contributed by atoms with Gasteiger partial charge in [0.1, 0.15) is 11.8 Å². The van der Waals surface area contributed by atoms with Crippen LogP contribution in [0.25, 0.3) is 0 Å². The van der Waals surface area contributed by atoms with Crippen molar-refractivity contribution in [3.63, 3.8) is 0 Å². The topological polar surface area (TPSA) is 84.0 Å². The molecule has 27 heavy (non-hydrogen) atoms. The lowest BCUT2D eigenvalue weighted by atomic mass is 9.72. The number of carbonyl (C=O) groups excluding carboxylic acids is 4. The zero-order valence-electron chi connectivity index (χ0n) is 15.0. The summed E-state index contributed by atoms with van der Waals surface area (Å²) >= 11 is 0. The number of hydrogen-bond acceptors (Lipinski definition) is 5. The van der Waals surface area contributed by atoms with Crippen LogP contribution < -0.4 is 4.90 Å². The molecular formula is C20H20N2O5. The molecule has 0 N–H and O–H groups in total. The number of anilines is 1. The first kappa shape index (κ1) is 16.6. The van der Waals surface area contributed by atoms with Crippen molar-refractivity contribution in [2.45, 2.75) is 43.9 Å². The van der Waals surface area contributed by atoms with Gasteiger partial charge in [0, 0.05) is 6.54 Å². The van der Waals surface area contributed by atoms with Crippen LogP contribution in [0, 0.1) is 11.8 Å². The Labute approximate surface area is 156 Å². The van der Waals surface area contributed by atoms with E-state index < -0.39 is 40.8 Å². The summed E-state index contributed by atoms with van der Waals surface area (Å²) < 4.78 is 6.16. The third-order valence-electron chi connectivity index (χ3n) is 6.54. The van der Waals surface area contributed by atoms with E-state index in [9.17, 15) is 19.2 Å². The number of para-hydroxylation sites is 1. The molecule has 140 valence electrons. The van der Waals surface area contributed by atoms with E-state index in [-0.39, 0.29) is 5.91 Å². The number of nitrogens with zero attached hydrogens (tertiary/aromatic N) is 2. The zero-order chi connectivity index (χ0) is 19.0. The van der Waals surface area contributed by atoms with Gasteiger partial charge in [-0.1, -0.05) is 24.6 Å². The predicted molar refractivity (Wildman–Crippen MR) is 93.3 cm³/mol. The number of amides is 3. The second kappa shape index (κ2) is 5.25. The maximum absolute atomic E-state index is 13.4. The number of carbonyl (C=O) groups is 4. The van der Waals surface area contributed by atoms with E-state index in [4.69, 9.17) is 4.74 Å². The standard InChI is InChI=1S/C20H20N2O5/c1-12(23)20-15-14(16(24)22(17(15)25)13-8-4-2-5-9-13)19(27-20)10-6-3-7-11-21(19)18(20)26/h2,4-5,8-9,14-15H,3,6-7,10-11H2,1H3. The summed E-state index contributed by atoms with van der Waals surface area (Å²) in [7, 11) is 0. The van der Waals surface area contributed by atoms with E-state index in [1.165, 1.54) is 6.92 Å². The molecule has 1 spiro atoms. The van der Waals surface area contributed by atoms with E-state index in [1.54, 1.807) is 35.2 Å². The average Bonchev–Trinajstić information content (AvgIpc) is 3.11. The van der Waals surface area contributed by atoms with Crippen molar-refractivity contribution < 1.29 is 23.9 Å². The molecule has 0 saturated carbocycles. The normalized spacial score (nSPS) is 37.4. The van der Waals surface area contributed by atoms with Crippen LogP contribution in [0.1, 0.15) is 32.6 Å². The maximum Gasteiger partial charge on any atom is 0.265 e. The van der Waals surface area contributed by atoms with E-state index in [1.807, 2.05) is 0 Å². The molecule has 0 radical (unpaired) electrons. The van der Waals surface area contributed by atoms with E-state index in [0.29, 0.717) is 18.7 Å². The zero-order valence-corrected chi connectivity index (χ0v) is 15.0. The monoisotopic (exact) mass is 368 g/mol. The van der Waals surface area contributed by atoms with Gasteiger partial charge in [0.05, 0.1) is 5.69 Å². The van der Waals surface area contributed by atoms with Crippen LogP contribution in [0.2, 0.25) is 0 Å². The highest BCUT2D eigenvalue weighted by molar-refractivity contribution is 6.28. The van der Waals surface area contributed by atoms with E-state index in [2.05, 4.69) is 0 Å². The van der Waals surface area contributed by atoms with Crippen LogP contribution in [0.5, 0.6) is 0 Å². The minimum absolute atomic E-state index is 0.376. The van der Waals surface area contributed by atoms with Gasteiger partial charge in [0.15, 0.2) is 11.5 Å². The Morgan fingerprint density at radius 1 is 1.04 bits per heavy atom. The highest BCUT2D eigenvalue weighted by atomic mass is 16.6. The van der Waals surface area contributed by atoms with Gasteiger partial charge in [-0.25, -0.2) is 4.90 Å². The smallest absolute Gasteiger partial charge is 0.265 e. The lowest BCUT2D eigenvalue weighted by Gasteiger charge is -2.39. The fourth-order valence-corrected chi connectivity index (χ4v) is 5.44. The number of piperidine rings is 1. The maximum atomic E-state index is 13.4. The second-order valence-corrected chi connectivity index (χ2v) is 7.81. The quantitative estimate of drug-likeness (QED) is 0.580. The van der Waals surface area contributed by atoms with E-state index in [0.717, 1.165) is 24.2 Å². The summed E-state index contributed by atoms with van der Waals surface area (Å²) in [6, 6.07) is 8.66. The molecule has 4 aliphatic heterocycles. The Kier molecular flexibility index (Phi) is 3.23. The number of hydrogen-bond donors (Lipinski definition) is 0. The third-order valence-corrected chi connectivity index (χ3v) is 6.54. The molecule has 3 amide bonds. The second-order valence-electron chi connectivity index (χ2n) is 7.81. The number of fused-ring (bicyclic) bond motifs is 3. The number of imide groups is 1. The molecule has 5 rings (SSSR count). The van der Waals surface area contributed by atoms with Crippen molar-refractivity contribution in [3.8, 4) is 0 Å². The SMILES string of the molecule is CC(=O)C12OC3(CCCCCN3C1=O)C1C(=O)N(c3ccccc3)C(=O)C12. The Balaban J connectivity index is 1.70. The average molecular weight is 368 g/mol. The highest BCUT2D eigenvalue weighted by Gasteiger charge is 2.83. The first-order valence-corrected chi connectivity index (χ1v) is 9.41. The number of ether oxygens (including phenoxy) is 1. The molecule has 7 heteroatoms. The summed E-state index contributed by atoms with van der Waals surface area (Å²) in [6.45, 7) is 1.73. The molecule has 4 heterocycles. The molecule has 0 aromatic heterocycles. The van der Waals surface area contributed by atoms with Gasteiger partial charge >= 0.3 is 0 Å². The fourth-order valence-electron chi connectivity index (χ4n) is 5.44. The molecule has 2 bridgehead atoms. The first-order chi connectivity index (χ1) is 12.9. The fraction of sp³-hybridized carbons (Fsp3) is 0.500. The van der Waals surface area contributed by atoms with Crippen LogP contribution in [0.15, 0.2) is 30.3 Å². The van der Waals surface area contributed by atoms with Gasteiger partial charge < -0.3 is 9.64 Å². The largest absolute Gasteiger partial charge is 0.330 e. The minimum Gasteiger partial charge on any atom is -0.330 e. The van der Waals surface area contributed by atoms with Crippen LogP contribution in [0.4, 0.5) is 5.69 Å². The summed E-state index contributed by atoms with van der Waals surface area (Å²) in [5.41, 5.74) is -2.58. The van der Waals surface area contributed by atoms with Gasteiger partial charge in [0.2, 0.25) is 17.4 Å². The summed E-state index contributed by atoms with van der Waals surface area (Å²) in [5, 5.41) is 0. The minimum atomic E-state index is -1.86.